The van der Waals surface area contributed by atoms with Crippen LogP contribution in [0.1, 0.15) is 17.3 Å². The minimum absolute atomic E-state index is 0.165. The van der Waals surface area contributed by atoms with Crippen molar-refractivity contribution in [3.63, 3.8) is 0 Å². The first kappa shape index (κ1) is 13.2. The molecule has 102 valence electrons. The molecule has 0 saturated heterocycles. The number of aryl methyl sites for hydroxylation is 1. The molecule has 8 heteroatoms. The fourth-order valence-electron chi connectivity index (χ4n) is 1.51. The van der Waals surface area contributed by atoms with E-state index in [9.17, 15) is 13.2 Å². The Morgan fingerprint density at radius 2 is 2.11 bits per heavy atom. The maximum absolute atomic E-state index is 12.6. The lowest BCUT2D eigenvalue weighted by Crippen LogP contribution is -2.10. The summed E-state index contributed by atoms with van der Waals surface area (Å²) in [6.07, 6.45) is -4.48. The third kappa shape index (κ3) is 3.15. The largest absolute Gasteiger partial charge is 0.418 e. The van der Waals surface area contributed by atoms with Crippen molar-refractivity contribution >= 4 is 11.4 Å². The summed E-state index contributed by atoms with van der Waals surface area (Å²) in [7, 11) is 0. The van der Waals surface area contributed by atoms with E-state index in [1.807, 2.05) is 0 Å². The number of nitrogens with one attached hydrogen (secondary N) is 1. The Morgan fingerprint density at radius 1 is 1.37 bits per heavy atom. The van der Waals surface area contributed by atoms with Crippen molar-refractivity contribution in [1.82, 2.24) is 10.1 Å². The van der Waals surface area contributed by atoms with Crippen molar-refractivity contribution in [3.05, 3.63) is 35.5 Å². The zero-order chi connectivity index (χ0) is 14.0. The zero-order valence-corrected chi connectivity index (χ0v) is 9.95. The number of nitrogens with zero attached hydrogens (tertiary/aromatic N) is 2. The molecule has 0 bridgehead atoms. The quantitative estimate of drug-likeness (QED) is 0.840. The van der Waals surface area contributed by atoms with Crippen LogP contribution in [-0.4, -0.2) is 10.1 Å². The van der Waals surface area contributed by atoms with Crippen molar-refractivity contribution < 1.29 is 17.7 Å². The fraction of sp³-hybridized carbons (Fsp3) is 0.273. The third-order valence-corrected chi connectivity index (χ3v) is 2.38. The monoisotopic (exact) mass is 272 g/mol. The first-order chi connectivity index (χ1) is 8.86. The second-order valence-electron chi connectivity index (χ2n) is 3.88. The second-order valence-corrected chi connectivity index (χ2v) is 3.88. The average Bonchev–Trinajstić information content (AvgIpc) is 2.72. The summed E-state index contributed by atoms with van der Waals surface area (Å²) in [6, 6.07) is 3.60. The van der Waals surface area contributed by atoms with Gasteiger partial charge in [0.2, 0.25) is 5.89 Å². The molecule has 2 aromatic rings. The van der Waals surface area contributed by atoms with Gasteiger partial charge in [-0.05, 0) is 18.2 Å². The van der Waals surface area contributed by atoms with Gasteiger partial charge in [-0.1, -0.05) is 5.16 Å². The maximum atomic E-state index is 12.6. The molecule has 19 heavy (non-hydrogen) atoms. The van der Waals surface area contributed by atoms with Crippen LogP contribution in [0.3, 0.4) is 0 Å². The predicted molar refractivity (Wildman–Crippen MR) is 62.2 cm³/mol. The molecule has 0 atom stereocenters. The van der Waals surface area contributed by atoms with Gasteiger partial charge in [-0.25, -0.2) is 0 Å². The predicted octanol–water partition coefficient (Wildman–Crippen LogP) is 2.59. The summed E-state index contributed by atoms with van der Waals surface area (Å²) in [6.45, 7) is 1.79. The van der Waals surface area contributed by atoms with Gasteiger partial charge in [0, 0.05) is 18.3 Å². The van der Waals surface area contributed by atoms with Gasteiger partial charge in [0.1, 0.15) is 0 Å². The van der Waals surface area contributed by atoms with Gasteiger partial charge >= 0.3 is 6.18 Å². The molecule has 0 amide bonds. The topological polar surface area (TPSA) is 77.0 Å². The molecule has 0 aliphatic rings. The number of nitrogen functional groups attached to an aromatic ring is 1. The summed E-state index contributed by atoms with van der Waals surface area (Å²) < 4.78 is 42.7. The van der Waals surface area contributed by atoms with Gasteiger partial charge in [-0.3, -0.25) is 0 Å². The molecule has 0 fully saturated rings. The molecule has 0 aliphatic carbocycles. The molecular weight excluding hydrogens is 261 g/mol. The highest BCUT2D eigenvalue weighted by Crippen LogP contribution is 2.35. The molecule has 0 spiro atoms. The molecule has 0 radical (unpaired) electrons. The molecule has 1 heterocycles. The minimum atomic E-state index is -4.48. The Balaban J connectivity index is 2.13. The normalized spacial score (nSPS) is 11.6. The lowest BCUT2D eigenvalue weighted by molar-refractivity contribution is -0.136. The second kappa shape index (κ2) is 4.79. The van der Waals surface area contributed by atoms with E-state index in [2.05, 4.69) is 15.5 Å². The molecule has 2 rings (SSSR count). The fourth-order valence-corrected chi connectivity index (χ4v) is 1.51. The van der Waals surface area contributed by atoms with E-state index in [1.54, 1.807) is 6.92 Å². The number of rotatable bonds is 3. The molecular formula is C11H11F3N4O. The van der Waals surface area contributed by atoms with E-state index in [1.165, 1.54) is 12.1 Å². The molecule has 0 saturated carbocycles. The molecule has 1 aromatic carbocycles. The number of aromatic nitrogens is 2. The molecule has 1 aromatic heterocycles. The van der Waals surface area contributed by atoms with Crippen molar-refractivity contribution in [3.8, 4) is 0 Å². The summed E-state index contributed by atoms with van der Waals surface area (Å²) in [4.78, 5) is 3.93. The van der Waals surface area contributed by atoms with Crippen molar-refractivity contribution in [1.29, 1.82) is 0 Å². The van der Waals surface area contributed by atoms with Crippen LogP contribution in [-0.2, 0) is 12.7 Å². The van der Waals surface area contributed by atoms with Crippen LogP contribution in [0.2, 0.25) is 0 Å². The van der Waals surface area contributed by atoms with Crippen LogP contribution in [0.4, 0.5) is 24.5 Å². The van der Waals surface area contributed by atoms with E-state index in [-0.39, 0.29) is 17.9 Å². The highest BCUT2D eigenvalue weighted by molar-refractivity contribution is 5.58. The number of nitrogens with two attached hydrogens (primary N) is 1. The van der Waals surface area contributed by atoms with Gasteiger partial charge < -0.3 is 15.6 Å². The Bertz CT molecular complexity index is 580. The Kier molecular flexibility index (Phi) is 3.32. The number of anilines is 2. The van der Waals surface area contributed by atoms with Crippen LogP contribution >= 0.6 is 0 Å². The van der Waals surface area contributed by atoms with Crippen molar-refractivity contribution in [2.45, 2.75) is 19.6 Å². The van der Waals surface area contributed by atoms with Gasteiger partial charge in [0.15, 0.2) is 5.82 Å². The summed E-state index contributed by atoms with van der Waals surface area (Å²) in [5, 5.41) is 6.40. The van der Waals surface area contributed by atoms with Crippen molar-refractivity contribution in [2.24, 2.45) is 0 Å². The standard InChI is InChI=1S/C11H11F3N4O/c1-6-17-10(18-19-6)5-16-7-2-3-9(15)8(4-7)11(12,13)14/h2-4,16H,5,15H2,1H3. The van der Waals surface area contributed by atoms with Crippen LogP contribution in [0, 0.1) is 6.92 Å². The summed E-state index contributed by atoms with van der Waals surface area (Å²) >= 11 is 0. The van der Waals surface area contributed by atoms with Crippen LogP contribution < -0.4 is 11.1 Å². The minimum Gasteiger partial charge on any atom is -0.398 e. The third-order valence-electron chi connectivity index (χ3n) is 2.38. The number of hydrogen-bond acceptors (Lipinski definition) is 5. The van der Waals surface area contributed by atoms with Gasteiger partial charge in [-0.2, -0.15) is 18.2 Å². The number of halogens is 3. The Labute approximate surface area is 106 Å². The lowest BCUT2D eigenvalue weighted by atomic mass is 10.1. The maximum Gasteiger partial charge on any atom is 0.418 e. The zero-order valence-electron chi connectivity index (χ0n) is 9.95. The molecule has 0 unspecified atom stereocenters. The van der Waals surface area contributed by atoms with Gasteiger partial charge in [0.05, 0.1) is 12.1 Å². The summed E-state index contributed by atoms with van der Waals surface area (Å²) in [5.41, 5.74) is 4.40. The van der Waals surface area contributed by atoms with Gasteiger partial charge in [0.25, 0.3) is 0 Å². The number of hydrogen-bond donors (Lipinski definition) is 2. The van der Waals surface area contributed by atoms with E-state index < -0.39 is 11.7 Å². The van der Waals surface area contributed by atoms with E-state index in [4.69, 9.17) is 10.3 Å². The Hall–Kier alpha value is -2.25. The van der Waals surface area contributed by atoms with E-state index in [0.717, 1.165) is 6.07 Å². The van der Waals surface area contributed by atoms with Crippen LogP contribution in [0.5, 0.6) is 0 Å². The highest BCUT2D eigenvalue weighted by atomic mass is 19.4. The highest BCUT2D eigenvalue weighted by Gasteiger charge is 2.33. The number of alkyl halides is 3. The SMILES string of the molecule is Cc1nc(CNc2ccc(N)c(C(F)(F)F)c2)no1. The van der Waals surface area contributed by atoms with Crippen molar-refractivity contribution in [2.75, 3.05) is 11.1 Å². The van der Waals surface area contributed by atoms with E-state index in [0.29, 0.717) is 11.7 Å². The van der Waals surface area contributed by atoms with Crippen LogP contribution in [0.25, 0.3) is 0 Å². The first-order valence-electron chi connectivity index (χ1n) is 5.36. The average molecular weight is 272 g/mol. The number of benzene rings is 1. The lowest BCUT2D eigenvalue weighted by Gasteiger charge is -2.12. The smallest absolute Gasteiger partial charge is 0.398 e. The van der Waals surface area contributed by atoms with E-state index >= 15 is 0 Å². The van der Waals surface area contributed by atoms with Gasteiger partial charge in [-0.15, -0.1) is 0 Å². The first-order valence-corrected chi connectivity index (χ1v) is 5.36. The van der Waals surface area contributed by atoms with Crippen LogP contribution in [0.15, 0.2) is 22.7 Å². The molecule has 5 nitrogen and oxygen atoms in total. The molecule has 0 aliphatic heterocycles. The summed E-state index contributed by atoms with van der Waals surface area (Å²) in [5.74, 6) is 0.757. The molecule has 3 N–H and O–H groups in total. The Morgan fingerprint density at radius 3 is 2.68 bits per heavy atom.